The quantitative estimate of drug-likeness (QED) is 0.469. The number of rotatable bonds is 3. The van der Waals surface area contributed by atoms with E-state index in [2.05, 4.69) is 6.07 Å². The molecular formula is C23H18ClN3O2S. The highest BCUT2D eigenvalue weighted by molar-refractivity contribution is 7.21. The van der Waals surface area contributed by atoms with Crippen molar-refractivity contribution in [1.29, 1.82) is 0 Å². The van der Waals surface area contributed by atoms with Crippen molar-refractivity contribution in [2.45, 2.75) is 12.8 Å². The second-order valence-electron chi connectivity index (χ2n) is 7.21. The van der Waals surface area contributed by atoms with Gasteiger partial charge in [0.25, 0.3) is 5.91 Å². The molecule has 2 heterocycles. The van der Waals surface area contributed by atoms with Gasteiger partial charge in [-0.05, 0) is 48.2 Å². The minimum atomic E-state index is -0.552. The molecule has 4 N–H and O–H groups in total. The van der Waals surface area contributed by atoms with Gasteiger partial charge in [-0.15, -0.1) is 11.3 Å². The number of carbonyl (C=O) groups is 1. The van der Waals surface area contributed by atoms with Crippen molar-refractivity contribution in [3.63, 3.8) is 0 Å². The first-order valence-electron chi connectivity index (χ1n) is 9.46. The number of primary amides is 1. The lowest BCUT2D eigenvalue weighted by Gasteiger charge is -2.23. The molecule has 7 heteroatoms. The van der Waals surface area contributed by atoms with E-state index in [1.807, 2.05) is 36.4 Å². The number of fused-ring (bicyclic) bond motifs is 4. The number of aryl methyl sites for hydroxylation is 1. The topological polar surface area (TPSA) is 91.2 Å². The molecule has 1 aliphatic rings. The number of nitrogens with two attached hydrogens (primary N) is 2. The fraction of sp³-hybridized carbons (Fsp3) is 0.130. The largest absolute Gasteiger partial charge is 0.497 e. The van der Waals surface area contributed by atoms with Gasteiger partial charge in [-0.1, -0.05) is 29.8 Å². The highest BCUT2D eigenvalue weighted by Crippen LogP contribution is 2.48. The molecule has 0 aliphatic heterocycles. The van der Waals surface area contributed by atoms with Crippen LogP contribution in [0.5, 0.6) is 5.75 Å². The van der Waals surface area contributed by atoms with E-state index in [0.717, 1.165) is 51.9 Å². The Kier molecular flexibility index (Phi) is 4.41. The SMILES string of the molecule is COc1ccc2c(c1)CCc1c-2nc2sc(C(N)=O)c(N)c2c1-c1ccccc1Cl. The summed E-state index contributed by atoms with van der Waals surface area (Å²) in [5, 5.41) is 1.37. The zero-order chi connectivity index (χ0) is 21.0. The molecule has 0 atom stereocenters. The van der Waals surface area contributed by atoms with Crippen LogP contribution >= 0.6 is 22.9 Å². The lowest BCUT2D eigenvalue weighted by atomic mass is 9.83. The Labute approximate surface area is 182 Å². The Balaban J connectivity index is 1.91. The lowest BCUT2D eigenvalue weighted by molar-refractivity contribution is 0.100. The number of hydrogen-bond acceptors (Lipinski definition) is 5. The number of carbonyl (C=O) groups excluding carboxylic acids is 1. The molecule has 150 valence electrons. The number of nitrogen functional groups attached to an aromatic ring is 1. The van der Waals surface area contributed by atoms with Crippen LogP contribution in [0.4, 0.5) is 5.69 Å². The zero-order valence-electron chi connectivity index (χ0n) is 16.2. The first kappa shape index (κ1) is 18.9. The molecule has 30 heavy (non-hydrogen) atoms. The third-order valence-electron chi connectivity index (χ3n) is 5.56. The zero-order valence-corrected chi connectivity index (χ0v) is 17.7. The summed E-state index contributed by atoms with van der Waals surface area (Å²) in [7, 11) is 1.66. The summed E-state index contributed by atoms with van der Waals surface area (Å²) in [6.45, 7) is 0. The molecule has 5 rings (SSSR count). The summed E-state index contributed by atoms with van der Waals surface area (Å²) >= 11 is 7.82. The van der Waals surface area contributed by atoms with Crippen LogP contribution in [0.3, 0.4) is 0 Å². The molecule has 5 nitrogen and oxygen atoms in total. The third kappa shape index (κ3) is 2.75. The van der Waals surface area contributed by atoms with Crippen molar-refractivity contribution in [2.24, 2.45) is 5.73 Å². The van der Waals surface area contributed by atoms with Gasteiger partial charge in [0.05, 0.1) is 18.5 Å². The number of ether oxygens (including phenoxy) is 1. The van der Waals surface area contributed by atoms with Gasteiger partial charge >= 0.3 is 0 Å². The number of hydrogen-bond donors (Lipinski definition) is 2. The van der Waals surface area contributed by atoms with E-state index in [1.54, 1.807) is 7.11 Å². The van der Waals surface area contributed by atoms with Crippen molar-refractivity contribution < 1.29 is 9.53 Å². The number of aromatic nitrogens is 1. The average molecular weight is 436 g/mol. The van der Waals surface area contributed by atoms with Crippen LogP contribution in [0.15, 0.2) is 42.5 Å². The third-order valence-corrected chi connectivity index (χ3v) is 7.00. The van der Waals surface area contributed by atoms with Crippen molar-refractivity contribution in [1.82, 2.24) is 4.98 Å². The smallest absolute Gasteiger partial charge is 0.260 e. The number of benzene rings is 2. The molecule has 1 aliphatic carbocycles. The number of anilines is 1. The van der Waals surface area contributed by atoms with Crippen molar-refractivity contribution in [3.8, 4) is 28.1 Å². The van der Waals surface area contributed by atoms with Crippen LogP contribution in [0.1, 0.15) is 20.8 Å². The number of methoxy groups -OCH3 is 1. The molecule has 0 saturated carbocycles. The highest BCUT2D eigenvalue weighted by atomic mass is 35.5. The summed E-state index contributed by atoms with van der Waals surface area (Å²) in [5.41, 5.74) is 18.4. The standard InChI is InChI=1S/C23H18ClN3O2S/c1-29-12-7-9-13-11(10-12)6-8-15-17(14-4-2-3-5-16(14)24)18-19(25)21(22(26)28)30-23(18)27-20(13)15/h2-5,7,9-10H,6,8,25H2,1H3,(H2,26,28). The second kappa shape index (κ2) is 7.00. The van der Waals surface area contributed by atoms with Crippen LogP contribution in [-0.4, -0.2) is 18.0 Å². The van der Waals surface area contributed by atoms with E-state index in [9.17, 15) is 4.79 Å². The molecule has 0 saturated heterocycles. The number of nitrogens with zero attached hydrogens (tertiary/aromatic N) is 1. The molecule has 0 radical (unpaired) electrons. The minimum absolute atomic E-state index is 0.322. The Hall–Kier alpha value is -3.09. The average Bonchev–Trinajstić information content (AvgIpc) is 3.08. The van der Waals surface area contributed by atoms with Crippen LogP contribution in [0.2, 0.25) is 5.02 Å². The monoisotopic (exact) mass is 435 g/mol. The molecule has 0 fully saturated rings. The maximum absolute atomic E-state index is 12.0. The summed E-state index contributed by atoms with van der Waals surface area (Å²) in [5.74, 6) is 0.268. The van der Waals surface area contributed by atoms with Crippen molar-refractivity contribution in [2.75, 3.05) is 12.8 Å². The lowest BCUT2D eigenvalue weighted by Crippen LogP contribution is -2.11. The molecule has 4 aromatic rings. The maximum Gasteiger partial charge on any atom is 0.260 e. The van der Waals surface area contributed by atoms with Gasteiger partial charge in [0.1, 0.15) is 15.5 Å². The van der Waals surface area contributed by atoms with Crippen LogP contribution in [-0.2, 0) is 12.8 Å². The fourth-order valence-corrected chi connectivity index (χ4v) is 5.38. The summed E-state index contributed by atoms with van der Waals surface area (Å²) in [6.07, 6.45) is 1.62. The second-order valence-corrected chi connectivity index (χ2v) is 8.61. The highest BCUT2D eigenvalue weighted by Gasteiger charge is 2.28. The van der Waals surface area contributed by atoms with Gasteiger partial charge in [-0.3, -0.25) is 4.79 Å². The van der Waals surface area contributed by atoms with Gasteiger partial charge in [0, 0.05) is 27.1 Å². The molecule has 0 spiro atoms. The normalized spacial score (nSPS) is 12.5. The van der Waals surface area contributed by atoms with Gasteiger partial charge in [-0.2, -0.15) is 0 Å². The van der Waals surface area contributed by atoms with Gasteiger partial charge in [0.2, 0.25) is 0 Å². The molecular weight excluding hydrogens is 418 g/mol. The van der Waals surface area contributed by atoms with E-state index in [4.69, 9.17) is 32.8 Å². The fourth-order valence-electron chi connectivity index (χ4n) is 4.20. The number of halogens is 1. The van der Waals surface area contributed by atoms with Crippen LogP contribution in [0, 0.1) is 0 Å². The first-order valence-corrected chi connectivity index (χ1v) is 10.7. The molecule has 2 aromatic carbocycles. The van der Waals surface area contributed by atoms with E-state index in [-0.39, 0.29) is 0 Å². The maximum atomic E-state index is 12.0. The first-order chi connectivity index (χ1) is 14.5. The van der Waals surface area contributed by atoms with E-state index in [1.165, 1.54) is 16.9 Å². The number of thiophene rings is 1. The van der Waals surface area contributed by atoms with Gasteiger partial charge < -0.3 is 16.2 Å². The summed E-state index contributed by atoms with van der Waals surface area (Å²) in [4.78, 5) is 17.9. The number of amides is 1. The van der Waals surface area contributed by atoms with Crippen LogP contribution < -0.4 is 16.2 Å². The van der Waals surface area contributed by atoms with E-state index >= 15 is 0 Å². The van der Waals surface area contributed by atoms with E-state index < -0.39 is 5.91 Å². The van der Waals surface area contributed by atoms with Gasteiger partial charge in [-0.25, -0.2) is 4.98 Å². The minimum Gasteiger partial charge on any atom is -0.497 e. The molecule has 1 amide bonds. The molecule has 0 unspecified atom stereocenters. The van der Waals surface area contributed by atoms with Crippen molar-refractivity contribution >= 4 is 44.7 Å². The predicted octanol–water partition coefficient (Wildman–Crippen LogP) is 5.07. The summed E-state index contributed by atoms with van der Waals surface area (Å²) < 4.78 is 5.39. The summed E-state index contributed by atoms with van der Waals surface area (Å²) in [6, 6.07) is 13.7. The predicted molar refractivity (Wildman–Crippen MR) is 122 cm³/mol. The van der Waals surface area contributed by atoms with Gasteiger partial charge in [0.15, 0.2) is 0 Å². The Bertz CT molecular complexity index is 1350. The number of pyridine rings is 1. The Morgan fingerprint density at radius 3 is 2.70 bits per heavy atom. The van der Waals surface area contributed by atoms with E-state index in [0.29, 0.717) is 20.4 Å². The Morgan fingerprint density at radius 1 is 1.17 bits per heavy atom. The van der Waals surface area contributed by atoms with Crippen molar-refractivity contribution in [3.05, 3.63) is 63.5 Å². The van der Waals surface area contributed by atoms with Crippen LogP contribution in [0.25, 0.3) is 32.6 Å². The molecule has 2 aromatic heterocycles. The molecule has 0 bridgehead atoms. The Morgan fingerprint density at radius 2 is 1.97 bits per heavy atom.